The molecule has 3 aromatic rings. The number of para-hydroxylation sites is 1. The van der Waals surface area contributed by atoms with Gasteiger partial charge in [-0.2, -0.15) is 0 Å². The lowest BCUT2D eigenvalue weighted by atomic mass is 10.2. The molecule has 102 valence electrons. The summed E-state index contributed by atoms with van der Waals surface area (Å²) in [6.45, 7) is 0. The predicted molar refractivity (Wildman–Crippen MR) is 78.2 cm³/mol. The van der Waals surface area contributed by atoms with E-state index in [-0.39, 0.29) is 11.5 Å². The summed E-state index contributed by atoms with van der Waals surface area (Å²) in [6.07, 6.45) is 1.78. The van der Waals surface area contributed by atoms with Crippen molar-refractivity contribution in [3.05, 3.63) is 57.4 Å². The molecule has 3 rings (SSSR count). The first kappa shape index (κ1) is 12.3. The molecule has 0 unspecified atom stereocenters. The first-order valence-electron chi connectivity index (χ1n) is 6.14. The quantitative estimate of drug-likeness (QED) is 0.704. The molecule has 2 N–H and O–H groups in total. The van der Waals surface area contributed by atoms with Gasteiger partial charge in [0.15, 0.2) is 5.69 Å². The molecule has 1 aromatic carbocycles. The molecule has 0 atom stereocenters. The van der Waals surface area contributed by atoms with Gasteiger partial charge in [-0.25, -0.2) is 4.79 Å². The average Bonchev–Trinajstić information content (AvgIpc) is 2.87. The predicted octanol–water partition coefficient (Wildman–Crippen LogP) is 0.610. The van der Waals surface area contributed by atoms with Crippen LogP contribution in [0.3, 0.4) is 0 Å². The molecule has 0 aliphatic heterocycles. The van der Waals surface area contributed by atoms with Gasteiger partial charge in [-0.05, 0) is 17.5 Å². The van der Waals surface area contributed by atoms with Crippen LogP contribution in [0.25, 0.3) is 16.6 Å². The van der Waals surface area contributed by atoms with Gasteiger partial charge in [-0.3, -0.25) is 13.9 Å². The summed E-state index contributed by atoms with van der Waals surface area (Å²) in [5.74, 6) is 0.152. The first-order valence-corrected chi connectivity index (χ1v) is 6.14. The van der Waals surface area contributed by atoms with E-state index in [0.29, 0.717) is 0 Å². The smallest absolute Gasteiger partial charge is 0.332 e. The van der Waals surface area contributed by atoms with Crippen LogP contribution in [-0.4, -0.2) is 13.7 Å². The van der Waals surface area contributed by atoms with E-state index in [1.54, 1.807) is 17.8 Å². The molecule has 0 bridgehead atoms. The fourth-order valence-corrected chi connectivity index (χ4v) is 2.35. The number of hydrogen-bond donors (Lipinski definition) is 1. The molecule has 6 nitrogen and oxygen atoms in total. The fourth-order valence-electron chi connectivity index (χ4n) is 2.35. The number of nitrogens with zero attached hydrogens (tertiary/aromatic N) is 3. The van der Waals surface area contributed by atoms with Crippen molar-refractivity contribution in [2.24, 2.45) is 14.1 Å². The Morgan fingerprint density at radius 2 is 1.70 bits per heavy atom. The van der Waals surface area contributed by atoms with Crippen molar-refractivity contribution in [2.45, 2.75) is 0 Å². The maximum absolute atomic E-state index is 12.4. The van der Waals surface area contributed by atoms with Gasteiger partial charge in [0.1, 0.15) is 5.82 Å². The molecule has 0 amide bonds. The number of aromatic nitrogens is 3. The van der Waals surface area contributed by atoms with Gasteiger partial charge in [0.05, 0.1) is 5.52 Å². The van der Waals surface area contributed by atoms with E-state index < -0.39 is 11.2 Å². The van der Waals surface area contributed by atoms with Gasteiger partial charge in [-0.1, -0.05) is 18.2 Å². The maximum atomic E-state index is 12.4. The molecule has 2 heterocycles. The Hall–Kier alpha value is -2.76. The fraction of sp³-hybridized carbons (Fsp3) is 0.143. The highest BCUT2D eigenvalue weighted by atomic mass is 16.2. The molecule has 6 heteroatoms. The zero-order valence-electron chi connectivity index (χ0n) is 11.2. The molecule has 0 saturated carbocycles. The minimum absolute atomic E-state index is 0.152. The van der Waals surface area contributed by atoms with Gasteiger partial charge in [0.2, 0.25) is 0 Å². The van der Waals surface area contributed by atoms with Crippen molar-refractivity contribution >= 4 is 16.7 Å². The SMILES string of the molecule is Cn1c(N)c(-n2ccc3ccccc32)c(=O)n(C)c1=O. The molecule has 2 aromatic heterocycles. The Labute approximate surface area is 114 Å². The first-order chi connectivity index (χ1) is 9.52. The van der Waals surface area contributed by atoms with Crippen LogP contribution < -0.4 is 17.0 Å². The maximum Gasteiger partial charge on any atom is 0.332 e. The molecule has 0 spiro atoms. The average molecular weight is 270 g/mol. The Morgan fingerprint density at radius 1 is 1.00 bits per heavy atom. The molecule has 0 fully saturated rings. The van der Waals surface area contributed by atoms with E-state index in [4.69, 9.17) is 5.73 Å². The van der Waals surface area contributed by atoms with Gasteiger partial charge in [0, 0.05) is 20.3 Å². The number of anilines is 1. The molecular weight excluding hydrogens is 256 g/mol. The molecule has 0 aliphatic carbocycles. The molecule has 0 saturated heterocycles. The monoisotopic (exact) mass is 270 g/mol. The van der Waals surface area contributed by atoms with Crippen LogP contribution in [0.5, 0.6) is 0 Å². The Morgan fingerprint density at radius 3 is 2.45 bits per heavy atom. The van der Waals surface area contributed by atoms with Crippen LogP contribution in [0.4, 0.5) is 5.82 Å². The van der Waals surface area contributed by atoms with Crippen LogP contribution in [0.15, 0.2) is 46.1 Å². The van der Waals surface area contributed by atoms with Crippen molar-refractivity contribution in [1.82, 2.24) is 13.7 Å². The number of nitrogen functional groups attached to an aromatic ring is 1. The molecule has 20 heavy (non-hydrogen) atoms. The number of rotatable bonds is 1. The Balaban J connectivity index is 2.47. The van der Waals surface area contributed by atoms with Crippen LogP contribution in [-0.2, 0) is 14.1 Å². The van der Waals surface area contributed by atoms with E-state index in [1.165, 1.54) is 11.6 Å². The van der Waals surface area contributed by atoms with Crippen LogP contribution in [0.1, 0.15) is 0 Å². The lowest BCUT2D eigenvalue weighted by molar-refractivity contribution is 0.686. The zero-order chi connectivity index (χ0) is 14.4. The van der Waals surface area contributed by atoms with Crippen LogP contribution in [0.2, 0.25) is 0 Å². The Kier molecular flexibility index (Phi) is 2.53. The van der Waals surface area contributed by atoms with Crippen LogP contribution in [0, 0.1) is 0 Å². The minimum atomic E-state index is -0.437. The summed E-state index contributed by atoms with van der Waals surface area (Å²) in [6, 6.07) is 9.57. The summed E-state index contributed by atoms with van der Waals surface area (Å²) in [4.78, 5) is 24.2. The molecule has 0 radical (unpaired) electrons. The highest BCUT2D eigenvalue weighted by molar-refractivity contribution is 5.82. The standard InChI is InChI=1S/C14H14N4O2/c1-16-12(15)11(13(19)17(2)14(16)20)18-8-7-9-5-3-4-6-10(9)18/h3-8H,15H2,1-2H3. The minimum Gasteiger partial charge on any atom is -0.383 e. The van der Waals surface area contributed by atoms with E-state index in [9.17, 15) is 9.59 Å². The lowest BCUT2D eigenvalue weighted by Crippen LogP contribution is -2.40. The Bertz CT molecular complexity index is 930. The number of fused-ring (bicyclic) bond motifs is 1. The van der Waals surface area contributed by atoms with Crippen LogP contribution >= 0.6 is 0 Å². The highest BCUT2D eigenvalue weighted by Crippen LogP contribution is 2.20. The number of hydrogen-bond acceptors (Lipinski definition) is 3. The van der Waals surface area contributed by atoms with Crippen molar-refractivity contribution in [1.29, 1.82) is 0 Å². The second-order valence-corrected chi connectivity index (χ2v) is 4.68. The van der Waals surface area contributed by atoms with Crippen molar-refractivity contribution in [2.75, 3.05) is 5.73 Å². The summed E-state index contributed by atoms with van der Waals surface area (Å²) in [7, 11) is 2.99. The van der Waals surface area contributed by atoms with Gasteiger partial charge >= 0.3 is 5.69 Å². The zero-order valence-corrected chi connectivity index (χ0v) is 11.2. The molecular formula is C14H14N4O2. The van der Waals surface area contributed by atoms with E-state index in [2.05, 4.69) is 0 Å². The van der Waals surface area contributed by atoms with Gasteiger partial charge in [0.25, 0.3) is 5.56 Å². The third-order valence-electron chi connectivity index (χ3n) is 3.53. The lowest BCUT2D eigenvalue weighted by Gasteiger charge is -2.13. The summed E-state index contributed by atoms with van der Waals surface area (Å²) in [5.41, 5.74) is 6.27. The second kappa shape index (κ2) is 4.12. The van der Waals surface area contributed by atoms with Crippen molar-refractivity contribution < 1.29 is 0 Å². The summed E-state index contributed by atoms with van der Waals surface area (Å²) >= 11 is 0. The third kappa shape index (κ3) is 1.51. The van der Waals surface area contributed by atoms with Gasteiger partial charge < -0.3 is 10.3 Å². The van der Waals surface area contributed by atoms with E-state index in [1.807, 2.05) is 30.3 Å². The van der Waals surface area contributed by atoms with Gasteiger partial charge in [-0.15, -0.1) is 0 Å². The topological polar surface area (TPSA) is 74.9 Å². The van der Waals surface area contributed by atoms with E-state index in [0.717, 1.165) is 15.5 Å². The largest absolute Gasteiger partial charge is 0.383 e. The summed E-state index contributed by atoms with van der Waals surface area (Å²) < 4.78 is 4.04. The summed E-state index contributed by atoms with van der Waals surface area (Å²) in [5, 5.41) is 1.00. The number of benzene rings is 1. The van der Waals surface area contributed by atoms with Crippen molar-refractivity contribution in [3.63, 3.8) is 0 Å². The van der Waals surface area contributed by atoms with E-state index >= 15 is 0 Å². The second-order valence-electron chi connectivity index (χ2n) is 4.68. The molecule has 0 aliphatic rings. The normalized spacial score (nSPS) is 11.1. The highest BCUT2D eigenvalue weighted by Gasteiger charge is 2.16. The third-order valence-corrected chi connectivity index (χ3v) is 3.53. The number of nitrogens with two attached hydrogens (primary N) is 1. The van der Waals surface area contributed by atoms with Crippen molar-refractivity contribution in [3.8, 4) is 5.69 Å².